The first kappa shape index (κ1) is 25.1. The van der Waals surface area contributed by atoms with Gasteiger partial charge in [0.2, 0.25) is 0 Å². The number of ether oxygens (including phenoxy) is 4. The van der Waals surface area contributed by atoms with Crippen LogP contribution in [0.25, 0.3) is 0 Å². The topological polar surface area (TPSA) is 262 Å². The summed E-state index contributed by atoms with van der Waals surface area (Å²) in [5.74, 6) is 0. The highest BCUT2D eigenvalue weighted by atomic mass is 16.7. The van der Waals surface area contributed by atoms with Crippen molar-refractivity contribution in [1.29, 1.82) is 0 Å². The van der Waals surface area contributed by atoms with Gasteiger partial charge in [0.1, 0.15) is 48.8 Å². The number of aliphatic hydroxyl groups is 6. The molecule has 14 N–H and O–H groups in total. The number of aliphatic hydroxyl groups excluding tert-OH is 6. The van der Waals surface area contributed by atoms with E-state index in [4.69, 9.17) is 41.9 Å². The second kappa shape index (κ2) is 10.1. The molecular formula is C17H34N4O10. The molecule has 3 rings (SSSR count). The maximum atomic E-state index is 10.6. The third-order valence-electron chi connectivity index (χ3n) is 6.13. The van der Waals surface area contributed by atoms with Crippen LogP contribution in [0.2, 0.25) is 0 Å². The molecule has 31 heavy (non-hydrogen) atoms. The highest BCUT2D eigenvalue weighted by molar-refractivity contribution is 5.01. The minimum atomic E-state index is -1.46. The first-order valence-corrected chi connectivity index (χ1v) is 10.2. The molecule has 0 aromatic rings. The van der Waals surface area contributed by atoms with Crippen molar-refractivity contribution < 1.29 is 49.6 Å². The van der Waals surface area contributed by atoms with Gasteiger partial charge in [-0.15, -0.1) is 0 Å². The van der Waals surface area contributed by atoms with Crippen LogP contribution < -0.4 is 22.9 Å². The summed E-state index contributed by atoms with van der Waals surface area (Å²) in [6, 6.07) is -2.76. The zero-order valence-electron chi connectivity index (χ0n) is 16.8. The van der Waals surface area contributed by atoms with Crippen molar-refractivity contribution in [3.05, 3.63) is 0 Å². The molecule has 0 amide bonds. The first-order valence-electron chi connectivity index (χ1n) is 10.2. The number of nitrogens with two attached hydrogens (primary N) is 4. The quantitative estimate of drug-likeness (QED) is 0.179. The van der Waals surface area contributed by atoms with Gasteiger partial charge < -0.3 is 72.5 Å². The van der Waals surface area contributed by atoms with Gasteiger partial charge in [-0.3, -0.25) is 0 Å². The highest BCUT2D eigenvalue weighted by Crippen LogP contribution is 2.31. The summed E-state index contributed by atoms with van der Waals surface area (Å²) in [5, 5.41) is 60.3. The Hall–Kier alpha value is -0.560. The molecule has 2 heterocycles. The third-order valence-corrected chi connectivity index (χ3v) is 6.13. The lowest BCUT2D eigenvalue weighted by molar-refractivity contribution is -0.310. The minimum absolute atomic E-state index is 0.0716. The van der Waals surface area contributed by atoms with Crippen molar-refractivity contribution in [3.63, 3.8) is 0 Å². The predicted molar refractivity (Wildman–Crippen MR) is 102 cm³/mol. The molecule has 3 aliphatic rings. The summed E-state index contributed by atoms with van der Waals surface area (Å²) in [6.07, 6.45) is -13.8. The van der Waals surface area contributed by atoms with Crippen LogP contribution in [0.4, 0.5) is 0 Å². The van der Waals surface area contributed by atoms with Crippen molar-refractivity contribution in [1.82, 2.24) is 0 Å². The van der Waals surface area contributed by atoms with Crippen molar-refractivity contribution in [2.75, 3.05) is 13.2 Å². The van der Waals surface area contributed by atoms with E-state index in [2.05, 4.69) is 0 Å². The van der Waals surface area contributed by atoms with E-state index in [9.17, 15) is 30.6 Å². The Morgan fingerprint density at radius 3 is 1.87 bits per heavy atom. The molecule has 2 saturated heterocycles. The molecule has 182 valence electrons. The number of rotatable bonds is 6. The van der Waals surface area contributed by atoms with Gasteiger partial charge in [0, 0.05) is 18.6 Å². The zero-order chi connectivity index (χ0) is 23.0. The summed E-state index contributed by atoms with van der Waals surface area (Å²) in [4.78, 5) is 0. The molecule has 0 bridgehead atoms. The Labute approximate surface area is 178 Å². The second-order valence-electron chi connectivity index (χ2n) is 8.30. The van der Waals surface area contributed by atoms with E-state index in [1.54, 1.807) is 0 Å². The Kier molecular flexibility index (Phi) is 8.21. The Morgan fingerprint density at radius 2 is 1.29 bits per heavy atom. The van der Waals surface area contributed by atoms with Gasteiger partial charge in [-0.05, 0) is 6.42 Å². The van der Waals surface area contributed by atoms with Crippen LogP contribution in [0.1, 0.15) is 6.42 Å². The number of hydrogen-bond acceptors (Lipinski definition) is 14. The molecule has 8 unspecified atom stereocenters. The lowest BCUT2D eigenvalue weighted by Gasteiger charge is -2.47. The second-order valence-corrected chi connectivity index (χ2v) is 8.30. The van der Waals surface area contributed by atoms with Crippen molar-refractivity contribution in [2.45, 2.75) is 92.1 Å². The molecule has 14 nitrogen and oxygen atoms in total. The van der Waals surface area contributed by atoms with E-state index >= 15 is 0 Å². The van der Waals surface area contributed by atoms with E-state index in [-0.39, 0.29) is 13.0 Å². The molecule has 0 spiro atoms. The van der Waals surface area contributed by atoms with Gasteiger partial charge >= 0.3 is 0 Å². The maximum absolute atomic E-state index is 10.6. The van der Waals surface area contributed by atoms with E-state index < -0.39 is 92.2 Å². The molecule has 1 aliphatic carbocycles. The van der Waals surface area contributed by atoms with Crippen LogP contribution >= 0.6 is 0 Å². The average molecular weight is 454 g/mol. The van der Waals surface area contributed by atoms with Crippen LogP contribution in [0.15, 0.2) is 0 Å². The van der Waals surface area contributed by atoms with Gasteiger partial charge in [-0.1, -0.05) is 0 Å². The van der Waals surface area contributed by atoms with Crippen LogP contribution in [0.5, 0.6) is 0 Å². The fourth-order valence-corrected chi connectivity index (χ4v) is 4.16. The van der Waals surface area contributed by atoms with Crippen LogP contribution in [0.3, 0.4) is 0 Å². The lowest BCUT2D eigenvalue weighted by atomic mass is 9.84. The minimum Gasteiger partial charge on any atom is -0.394 e. The van der Waals surface area contributed by atoms with Crippen molar-refractivity contribution in [3.8, 4) is 0 Å². The van der Waals surface area contributed by atoms with Gasteiger partial charge in [0.15, 0.2) is 12.6 Å². The van der Waals surface area contributed by atoms with E-state index in [1.165, 1.54) is 0 Å². The van der Waals surface area contributed by atoms with Gasteiger partial charge in [-0.25, -0.2) is 0 Å². The largest absolute Gasteiger partial charge is 0.394 e. The van der Waals surface area contributed by atoms with Gasteiger partial charge in [-0.2, -0.15) is 0 Å². The molecule has 0 aromatic carbocycles. The van der Waals surface area contributed by atoms with Crippen LogP contribution in [-0.2, 0) is 18.9 Å². The van der Waals surface area contributed by atoms with E-state index in [1.807, 2.05) is 0 Å². The molecule has 3 fully saturated rings. The van der Waals surface area contributed by atoms with E-state index in [0.717, 1.165) is 0 Å². The molecule has 2 aliphatic heterocycles. The zero-order valence-corrected chi connectivity index (χ0v) is 16.8. The molecular weight excluding hydrogens is 420 g/mol. The van der Waals surface area contributed by atoms with Gasteiger partial charge in [0.05, 0.1) is 18.8 Å². The smallest absolute Gasteiger partial charge is 0.187 e. The Balaban J connectivity index is 1.78. The molecule has 14 heteroatoms. The summed E-state index contributed by atoms with van der Waals surface area (Å²) < 4.78 is 22.5. The molecule has 0 radical (unpaired) electrons. The highest BCUT2D eigenvalue weighted by Gasteiger charge is 2.52. The molecule has 1 saturated carbocycles. The SMILES string of the molecule is NC[C@H]1O[C@@H](OC2C(O)[C@H](N)CC(N)[C@H]2O[C@H]2OC(CO)[C@@H](O)C(O)C2N)C(O)C1O. The van der Waals surface area contributed by atoms with Crippen molar-refractivity contribution in [2.24, 2.45) is 22.9 Å². The molecule has 14 atom stereocenters. The fraction of sp³-hybridized carbons (Fsp3) is 1.00. The predicted octanol–water partition coefficient (Wildman–Crippen LogP) is -6.65. The standard InChI is InChI=1S/C17H34N4O10/c18-2-6-10(24)13(27)17(28-6)31-15-9(23)4(19)1-5(20)14(15)30-16-8(21)12(26)11(25)7(3-22)29-16/h4-17,22-27H,1-3,18-21H2/t4-,5?,6-,7?,8?,9?,10?,11-,12?,13?,14-,15?,16-,17+/m1/s1. The molecule has 0 aromatic heterocycles. The van der Waals surface area contributed by atoms with E-state index in [0.29, 0.717) is 0 Å². The summed E-state index contributed by atoms with van der Waals surface area (Å²) in [6.45, 7) is -0.673. The van der Waals surface area contributed by atoms with Crippen LogP contribution in [-0.4, -0.2) is 129 Å². The Morgan fingerprint density at radius 1 is 0.710 bits per heavy atom. The Bertz CT molecular complexity index is 591. The third kappa shape index (κ3) is 4.87. The normalized spacial score (nSPS) is 53.6. The number of hydrogen-bond donors (Lipinski definition) is 10. The van der Waals surface area contributed by atoms with Crippen molar-refractivity contribution >= 4 is 0 Å². The summed E-state index contributed by atoms with van der Waals surface area (Å²) in [5.41, 5.74) is 23.6. The average Bonchev–Trinajstić information content (AvgIpc) is 3.02. The van der Waals surface area contributed by atoms with Crippen LogP contribution in [0, 0.1) is 0 Å². The lowest BCUT2D eigenvalue weighted by Crippen LogP contribution is -2.68. The maximum Gasteiger partial charge on any atom is 0.187 e. The fourth-order valence-electron chi connectivity index (χ4n) is 4.16. The summed E-state index contributed by atoms with van der Waals surface area (Å²) in [7, 11) is 0. The monoisotopic (exact) mass is 454 g/mol. The first-order chi connectivity index (χ1) is 14.6. The summed E-state index contributed by atoms with van der Waals surface area (Å²) >= 11 is 0. The van der Waals surface area contributed by atoms with Gasteiger partial charge in [0.25, 0.3) is 0 Å².